The lowest BCUT2D eigenvalue weighted by molar-refractivity contribution is -0.181. The molecule has 2 rings (SSSR count). The average Bonchev–Trinajstić information content (AvgIpc) is 2.64. The number of benzene rings is 1. The quantitative estimate of drug-likeness (QED) is 0.477. The van der Waals surface area contributed by atoms with E-state index < -0.39 is 18.0 Å². The first-order chi connectivity index (χ1) is 12.8. The maximum Gasteiger partial charge on any atom is 0.403 e. The van der Waals surface area contributed by atoms with Gasteiger partial charge in [-0.3, -0.25) is 4.90 Å². The van der Waals surface area contributed by atoms with Gasteiger partial charge in [-0.15, -0.1) is 0 Å². The van der Waals surface area contributed by atoms with Gasteiger partial charge in [-0.1, -0.05) is 6.07 Å². The number of hydrogen-bond acceptors (Lipinski definition) is 3. The van der Waals surface area contributed by atoms with Crippen LogP contribution in [0.1, 0.15) is 19.4 Å². The molecule has 1 aromatic rings. The second-order valence-electron chi connectivity index (χ2n) is 6.38. The largest absolute Gasteiger partial charge is 0.494 e. The van der Waals surface area contributed by atoms with E-state index in [4.69, 9.17) is 4.74 Å². The molecular formula is C18H26F4N4O. The fourth-order valence-corrected chi connectivity index (χ4v) is 2.93. The first-order valence-corrected chi connectivity index (χ1v) is 8.92. The average molecular weight is 390 g/mol. The molecule has 5 nitrogen and oxygen atoms in total. The van der Waals surface area contributed by atoms with E-state index in [1.54, 1.807) is 12.1 Å². The lowest BCUT2D eigenvalue weighted by Gasteiger charge is -2.39. The molecule has 1 aliphatic rings. The van der Waals surface area contributed by atoms with Gasteiger partial charge in [0.25, 0.3) is 0 Å². The van der Waals surface area contributed by atoms with Gasteiger partial charge >= 0.3 is 6.18 Å². The highest BCUT2D eigenvalue weighted by atomic mass is 19.4. The molecule has 9 heteroatoms. The normalized spacial score (nSPS) is 17.7. The molecule has 152 valence electrons. The van der Waals surface area contributed by atoms with Crippen LogP contribution in [0.25, 0.3) is 0 Å². The Hall–Kier alpha value is -2.03. The standard InChI is InChI=1S/C18H26F4N4O/c1-4-23-17(24-12-14-5-6-16(27-3)15(19)11-14)26-9-7-25(8-10-26)13(2)18(20,21)22/h5-6,11,13H,4,7-10,12H2,1-3H3,(H,23,24). The van der Waals surface area contributed by atoms with Crippen LogP contribution >= 0.6 is 0 Å². The molecular weight excluding hydrogens is 364 g/mol. The first kappa shape index (κ1) is 21.3. The van der Waals surface area contributed by atoms with Crippen LogP contribution in [-0.2, 0) is 6.54 Å². The van der Waals surface area contributed by atoms with Gasteiger partial charge in [-0.2, -0.15) is 13.2 Å². The number of halogens is 4. The molecule has 1 saturated heterocycles. The Balaban J connectivity index is 2.01. The number of nitrogens with zero attached hydrogens (tertiary/aromatic N) is 3. The zero-order valence-corrected chi connectivity index (χ0v) is 15.8. The van der Waals surface area contributed by atoms with Crippen LogP contribution in [0.5, 0.6) is 5.75 Å². The molecule has 1 heterocycles. The number of guanidine groups is 1. The van der Waals surface area contributed by atoms with Crippen molar-refractivity contribution in [3.63, 3.8) is 0 Å². The Morgan fingerprint density at radius 1 is 1.26 bits per heavy atom. The summed E-state index contributed by atoms with van der Waals surface area (Å²) in [6.45, 7) is 5.52. The Kier molecular flexibility index (Phi) is 7.29. The summed E-state index contributed by atoms with van der Waals surface area (Å²) in [5, 5.41) is 3.15. The smallest absolute Gasteiger partial charge is 0.403 e. The molecule has 0 amide bonds. The van der Waals surface area contributed by atoms with Gasteiger partial charge in [0.15, 0.2) is 17.5 Å². The van der Waals surface area contributed by atoms with Gasteiger partial charge in [-0.25, -0.2) is 9.38 Å². The van der Waals surface area contributed by atoms with Crippen LogP contribution < -0.4 is 10.1 Å². The number of alkyl halides is 3. The number of rotatable bonds is 5. The molecule has 27 heavy (non-hydrogen) atoms. The topological polar surface area (TPSA) is 40.1 Å². The highest BCUT2D eigenvalue weighted by molar-refractivity contribution is 5.80. The number of hydrogen-bond donors (Lipinski definition) is 1. The van der Waals surface area contributed by atoms with Gasteiger partial charge in [0, 0.05) is 32.7 Å². The zero-order valence-electron chi connectivity index (χ0n) is 15.8. The minimum absolute atomic E-state index is 0.171. The van der Waals surface area contributed by atoms with Crippen molar-refractivity contribution >= 4 is 5.96 Å². The monoisotopic (exact) mass is 390 g/mol. The van der Waals surface area contributed by atoms with Crippen LogP contribution in [0.2, 0.25) is 0 Å². The van der Waals surface area contributed by atoms with Gasteiger partial charge in [0.1, 0.15) is 6.04 Å². The molecule has 0 aliphatic carbocycles. The summed E-state index contributed by atoms with van der Waals surface area (Å²) in [5.74, 6) is 0.336. The maximum atomic E-state index is 13.8. The van der Waals surface area contributed by atoms with Crippen molar-refractivity contribution in [1.82, 2.24) is 15.1 Å². The third-order valence-electron chi connectivity index (χ3n) is 4.60. The van der Waals surface area contributed by atoms with Crippen LogP contribution in [-0.4, -0.2) is 67.8 Å². The molecule has 1 unspecified atom stereocenters. The minimum atomic E-state index is -4.22. The summed E-state index contributed by atoms with van der Waals surface area (Å²) in [6.07, 6.45) is -4.22. The second-order valence-corrected chi connectivity index (χ2v) is 6.38. The number of ether oxygens (including phenoxy) is 1. The van der Waals surface area contributed by atoms with E-state index in [-0.39, 0.29) is 12.3 Å². The Morgan fingerprint density at radius 2 is 1.93 bits per heavy atom. The molecule has 1 fully saturated rings. The molecule has 0 spiro atoms. The van der Waals surface area contributed by atoms with Crippen molar-refractivity contribution in [2.24, 2.45) is 4.99 Å². The van der Waals surface area contributed by atoms with Crippen LogP contribution in [0.15, 0.2) is 23.2 Å². The van der Waals surface area contributed by atoms with Crippen molar-refractivity contribution in [2.45, 2.75) is 32.6 Å². The first-order valence-electron chi connectivity index (χ1n) is 8.92. The lowest BCUT2D eigenvalue weighted by atomic mass is 10.2. The molecule has 1 N–H and O–H groups in total. The number of aliphatic imine (C=N–C) groups is 1. The van der Waals surface area contributed by atoms with Crippen molar-refractivity contribution in [3.05, 3.63) is 29.6 Å². The van der Waals surface area contributed by atoms with Crippen LogP contribution in [0.4, 0.5) is 17.6 Å². The summed E-state index contributed by atoms with van der Waals surface area (Å²) in [5.41, 5.74) is 0.688. The fraction of sp³-hybridized carbons (Fsp3) is 0.611. The molecule has 0 radical (unpaired) electrons. The van der Waals surface area contributed by atoms with E-state index in [2.05, 4.69) is 10.3 Å². The van der Waals surface area contributed by atoms with Gasteiger partial charge < -0.3 is 15.0 Å². The molecule has 0 aromatic heterocycles. The van der Waals surface area contributed by atoms with Crippen LogP contribution in [0.3, 0.4) is 0 Å². The predicted octanol–water partition coefficient (Wildman–Crippen LogP) is 2.87. The maximum absolute atomic E-state index is 13.8. The molecule has 1 atom stereocenters. The SMILES string of the molecule is CCNC(=NCc1ccc(OC)c(F)c1)N1CCN(C(C)C(F)(F)F)CC1. The minimum Gasteiger partial charge on any atom is -0.494 e. The van der Waals surface area contributed by atoms with Gasteiger partial charge in [-0.05, 0) is 31.5 Å². The van der Waals surface area contributed by atoms with Gasteiger partial charge in [0.05, 0.1) is 13.7 Å². The van der Waals surface area contributed by atoms with Crippen molar-refractivity contribution in [3.8, 4) is 5.75 Å². The summed E-state index contributed by atoms with van der Waals surface area (Å²) in [7, 11) is 1.40. The highest BCUT2D eigenvalue weighted by Crippen LogP contribution is 2.25. The summed E-state index contributed by atoms with van der Waals surface area (Å²) < 4.78 is 57.3. The molecule has 0 bridgehead atoms. The second kappa shape index (κ2) is 9.25. The Bertz CT molecular complexity index is 643. The van der Waals surface area contributed by atoms with E-state index in [0.717, 1.165) is 0 Å². The zero-order chi connectivity index (χ0) is 20.0. The summed E-state index contributed by atoms with van der Waals surface area (Å²) >= 11 is 0. The van der Waals surface area contributed by atoms with E-state index in [0.29, 0.717) is 44.2 Å². The molecule has 0 saturated carbocycles. The van der Waals surface area contributed by atoms with E-state index in [9.17, 15) is 17.6 Å². The highest BCUT2D eigenvalue weighted by Gasteiger charge is 2.41. The third-order valence-corrected chi connectivity index (χ3v) is 4.60. The van der Waals surface area contributed by atoms with Gasteiger partial charge in [0.2, 0.25) is 0 Å². The van der Waals surface area contributed by atoms with E-state index >= 15 is 0 Å². The van der Waals surface area contributed by atoms with Crippen molar-refractivity contribution in [2.75, 3.05) is 39.8 Å². The number of methoxy groups -OCH3 is 1. The molecule has 1 aliphatic heterocycles. The van der Waals surface area contributed by atoms with Crippen molar-refractivity contribution in [1.29, 1.82) is 0 Å². The predicted molar refractivity (Wildman–Crippen MR) is 96.4 cm³/mol. The Labute approximate surface area is 157 Å². The molecule has 1 aromatic carbocycles. The number of nitrogens with one attached hydrogen (secondary N) is 1. The third kappa shape index (κ3) is 5.72. The summed E-state index contributed by atoms with van der Waals surface area (Å²) in [4.78, 5) is 7.87. The number of piperazine rings is 1. The van der Waals surface area contributed by atoms with E-state index in [1.165, 1.54) is 25.0 Å². The van der Waals surface area contributed by atoms with Crippen molar-refractivity contribution < 1.29 is 22.3 Å². The summed E-state index contributed by atoms with van der Waals surface area (Å²) in [6, 6.07) is 3.19. The van der Waals surface area contributed by atoms with E-state index in [1.807, 2.05) is 11.8 Å². The Morgan fingerprint density at radius 3 is 2.44 bits per heavy atom. The lowest BCUT2D eigenvalue weighted by Crippen LogP contribution is -2.56. The van der Waals surface area contributed by atoms with Crippen LogP contribution in [0, 0.1) is 5.82 Å². The fourth-order valence-electron chi connectivity index (χ4n) is 2.93.